The number of hydrogen-bond acceptors (Lipinski definition) is 3. The molecule has 1 aliphatic rings. The van der Waals surface area contributed by atoms with Crippen molar-refractivity contribution < 1.29 is 31.8 Å². The van der Waals surface area contributed by atoms with Gasteiger partial charge in [0.25, 0.3) is 0 Å². The zero-order valence-corrected chi connectivity index (χ0v) is 20.5. The lowest BCUT2D eigenvalue weighted by Crippen LogP contribution is -2.27. The lowest BCUT2D eigenvalue weighted by Gasteiger charge is -2.30. The largest absolute Gasteiger partial charge is 0.491 e. The number of ether oxygens (including phenoxy) is 3. The van der Waals surface area contributed by atoms with Crippen LogP contribution in [0.4, 0.5) is 17.6 Å². The van der Waals surface area contributed by atoms with Gasteiger partial charge in [0, 0.05) is 22.6 Å². The zero-order valence-electron chi connectivity index (χ0n) is 20.5. The van der Waals surface area contributed by atoms with Gasteiger partial charge in [-0.15, -0.1) is 0 Å². The second-order valence-electron chi connectivity index (χ2n) is 8.94. The van der Waals surface area contributed by atoms with E-state index in [1.165, 1.54) is 48.5 Å². The maximum Gasteiger partial charge on any atom is 0.201 e. The first-order valence-electron chi connectivity index (χ1n) is 12.4. The van der Waals surface area contributed by atoms with Crippen LogP contribution in [0.1, 0.15) is 51.4 Å². The van der Waals surface area contributed by atoms with Crippen molar-refractivity contribution in [2.24, 2.45) is 5.92 Å². The minimum Gasteiger partial charge on any atom is -0.491 e. The normalized spacial score (nSPS) is 17.8. The highest BCUT2D eigenvalue weighted by molar-refractivity contribution is 5.71. The third kappa shape index (κ3) is 5.57. The van der Waals surface area contributed by atoms with Crippen LogP contribution in [-0.4, -0.2) is 19.8 Å². The summed E-state index contributed by atoms with van der Waals surface area (Å²) in [5.41, 5.74) is 0.911. The third-order valence-corrected chi connectivity index (χ3v) is 6.40. The van der Waals surface area contributed by atoms with Gasteiger partial charge in [0.15, 0.2) is 29.5 Å². The number of rotatable bonds is 9. The van der Waals surface area contributed by atoms with Crippen molar-refractivity contribution in [1.29, 1.82) is 0 Å². The van der Waals surface area contributed by atoms with Gasteiger partial charge in [-0.1, -0.05) is 62.6 Å². The molecule has 4 rings (SSSR count). The van der Waals surface area contributed by atoms with Gasteiger partial charge in [0.1, 0.15) is 0 Å². The number of halogens is 4. The zero-order chi connectivity index (χ0) is 25.7. The molecule has 0 N–H and O–H groups in total. The van der Waals surface area contributed by atoms with Crippen molar-refractivity contribution in [3.8, 4) is 28.0 Å². The standard InChI is InChI=1S/C29H30F4O3/c1-3-5-6-7-18-16-35-29(36-17-18)23-13-12-21(25(30)27(23)32)19-8-10-20(11-9-19)22-14-15-24(34-4-2)28(33)26(22)31/h8-15,18,29H,3-7,16-17H2,1-2H3. The summed E-state index contributed by atoms with van der Waals surface area (Å²) in [6, 6.07) is 11.9. The minimum absolute atomic E-state index is 0.0202. The van der Waals surface area contributed by atoms with E-state index in [1.54, 1.807) is 6.92 Å². The van der Waals surface area contributed by atoms with Crippen LogP contribution in [0.2, 0.25) is 0 Å². The van der Waals surface area contributed by atoms with Gasteiger partial charge in [0.2, 0.25) is 5.82 Å². The predicted octanol–water partition coefficient (Wildman–Crippen LogP) is 8.22. The molecule has 3 aromatic rings. The molecule has 36 heavy (non-hydrogen) atoms. The van der Waals surface area contributed by atoms with E-state index < -0.39 is 29.6 Å². The molecule has 0 aromatic heterocycles. The van der Waals surface area contributed by atoms with Crippen LogP contribution in [0, 0.1) is 29.2 Å². The Morgan fingerprint density at radius 2 is 1.31 bits per heavy atom. The van der Waals surface area contributed by atoms with E-state index >= 15 is 4.39 Å². The highest BCUT2D eigenvalue weighted by Crippen LogP contribution is 2.35. The molecule has 0 spiro atoms. The molecule has 0 radical (unpaired) electrons. The molecule has 1 saturated heterocycles. The monoisotopic (exact) mass is 502 g/mol. The molecular weight excluding hydrogens is 472 g/mol. The van der Waals surface area contributed by atoms with Crippen molar-refractivity contribution in [2.45, 2.75) is 45.8 Å². The summed E-state index contributed by atoms with van der Waals surface area (Å²) >= 11 is 0. The molecule has 0 bridgehead atoms. The van der Waals surface area contributed by atoms with Crippen LogP contribution < -0.4 is 4.74 Å². The summed E-state index contributed by atoms with van der Waals surface area (Å²) < 4.78 is 75.3. The second kappa shape index (κ2) is 11.9. The highest BCUT2D eigenvalue weighted by Gasteiger charge is 2.28. The van der Waals surface area contributed by atoms with Crippen LogP contribution in [0.15, 0.2) is 48.5 Å². The lowest BCUT2D eigenvalue weighted by molar-refractivity contribution is -0.207. The lowest BCUT2D eigenvalue weighted by atomic mass is 9.98. The molecule has 0 atom stereocenters. The fourth-order valence-electron chi connectivity index (χ4n) is 4.39. The summed E-state index contributed by atoms with van der Waals surface area (Å²) in [4.78, 5) is 0. The summed E-state index contributed by atoms with van der Waals surface area (Å²) in [7, 11) is 0. The Morgan fingerprint density at radius 3 is 1.89 bits per heavy atom. The van der Waals surface area contributed by atoms with Gasteiger partial charge < -0.3 is 14.2 Å². The summed E-state index contributed by atoms with van der Waals surface area (Å²) in [6.07, 6.45) is 3.41. The molecule has 0 aliphatic carbocycles. The Balaban J connectivity index is 1.49. The van der Waals surface area contributed by atoms with Crippen LogP contribution >= 0.6 is 0 Å². The van der Waals surface area contributed by atoms with Crippen LogP contribution in [0.5, 0.6) is 5.75 Å². The van der Waals surface area contributed by atoms with Crippen molar-refractivity contribution in [1.82, 2.24) is 0 Å². The topological polar surface area (TPSA) is 27.7 Å². The molecule has 0 saturated carbocycles. The van der Waals surface area contributed by atoms with Crippen molar-refractivity contribution in [3.63, 3.8) is 0 Å². The molecule has 0 amide bonds. The second-order valence-corrected chi connectivity index (χ2v) is 8.94. The smallest absolute Gasteiger partial charge is 0.201 e. The van der Waals surface area contributed by atoms with E-state index in [-0.39, 0.29) is 35.0 Å². The molecule has 3 aromatic carbocycles. The fraction of sp³-hybridized carbons (Fsp3) is 0.379. The van der Waals surface area contributed by atoms with E-state index in [9.17, 15) is 13.2 Å². The summed E-state index contributed by atoms with van der Waals surface area (Å²) in [5, 5.41) is 0. The molecule has 1 aliphatic heterocycles. The Labute approximate surface area is 209 Å². The molecule has 1 heterocycles. The first-order valence-corrected chi connectivity index (χ1v) is 12.4. The van der Waals surface area contributed by atoms with Crippen molar-refractivity contribution in [3.05, 3.63) is 77.4 Å². The number of unbranched alkanes of at least 4 members (excludes halogenated alkanes) is 2. The van der Waals surface area contributed by atoms with Gasteiger partial charge in [-0.25, -0.2) is 13.2 Å². The van der Waals surface area contributed by atoms with E-state index in [0.717, 1.165) is 25.7 Å². The molecule has 7 heteroatoms. The summed E-state index contributed by atoms with van der Waals surface area (Å²) in [6.45, 7) is 4.92. The Hall–Kier alpha value is -2.90. The Bertz CT molecular complexity index is 1170. The SMILES string of the molecule is CCCCCC1COC(c2ccc(-c3ccc(-c4ccc(OCC)c(F)c4F)cc3)c(F)c2F)OC1. The highest BCUT2D eigenvalue weighted by atomic mass is 19.2. The first kappa shape index (κ1) is 26.2. The van der Waals surface area contributed by atoms with Crippen LogP contribution in [-0.2, 0) is 9.47 Å². The predicted molar refractivity (Wildman–Crippen MR) is 131 cm³/mol. The number of hydrogen-bond donors (Lipinski definition) is 0. The quantitative estimate of drug-likeness (QED) is 0.218. The minimum atomic E-state index is -1.07. The van der Waals surface area contributed by atoms with E-state index in [4.69, 9.17) is 14.2 Å². The van der Waals surface area contributed by atoms with Gasteiger partial charge in [-0.2, -0.15) is 4.39 Å². The molecule has 3 nitrogen and oxygen atoms in total. The molecular formula is C29H30F4O3. The van der Waals surface area contributed by atoms with E-state index in [0.29, 0.717) is 24.3 Å². The van der Waals surface area contributed by atoms with Crippen LogP contribution in [0.25, 0.3) is 22.3 Å². The molecule has 0 unspecified atom stereocenters. The van der Waals surface area contributed by atoms with Crippen molar-refractivity contribution >= 4 is 0 Å². The van der Waals surface area contributed by atoms with Gasteiger partial charge in [-0.3, -0.25) is 0 Å². The maximum atomic E-state index is 15.0. The fourth-order valence-corrected chi connectivity index (χ4v) is 4.39. The average molecular weight is 503 g/mol. The van der Waals surface area contributed by atoms with Gasteiger partial charge in [-0.05, 0) is 36.6 Å². The van der Waals surface area contributed by atoms with E-state index in [2.05, 4.69) is 6.92 Å². The number of benzene rings is 3. The first-order chi connectivity index (χ1) is 17.4. The average Bonchev–Trinajstić information content (AvgIpc) is 2.90. The third-order valence-electron chi connectivity index (χ3n) is 6.40. The Kier molecular flexibility index (Phi) is 8.64. The Morgan fingerprint density at radius 1 is 0.722 bits per heavy atom. The summed E-state index contributed by atoms with van der Waals surface area (Å²) in [5.74, 6) is -4.04. The maximum absolute atomic E-state index is 15.0. The van der Waals surface area contributed by atoms with Crippen molar-refractivity contribution in [2.75, 3.05) is 19.8 Å². The molecule has 192 valence electrons. The van der Waals surface area contributed by atoms with E-state index in [1.807, 2.05) is 0 Å². The van der Waals surface area contributed by atoms with Crippen LogP contribution in [0.3, 0.4) is 0 Å². The van der Waals surface area contributed by atoms with Gasteiger partial charge in [0.05, 0.1) is 19.8 Å². The van der Waals surface area contributed by atoms with Gasteiger partial charge >= 0.3 is 0 Å². The molecule has 1 fully saturated rings.